The maximum atomic E-state index is 6.10. The second-order valence-corrected chi connectivity index (χ2v) is 6.63. The second-order valence-electron chi connectivity index (χ2n) is 6.63. The Morgan fingerprint density at radius 3 is 2.19 bits per heavy atom. The van der Waals surface area contributed by atoms with E-state index in [0.717, 1.165) is 5.60 Å². The molecule has 21 heavy (non-hydrogen) atoms. The summed E-state index contributed by atoms with van der Waals surface area (Å²) >= 11 is 0. The summed E-state index contributed by atoms with van der Waals surface area (Å²) in [5, 5.41) is 3.51. The smallest absolute Gasteiger partial charge is 0.427 e. The molecule has 0 aliphatic carbocycles. The fourth-order valence-electron chi connectivity index (χ4n) is 2.52. The molecular weight excluding hydrogens is 260 g/mol. The highest BCUT2D eigenvalue weighted by molar-refractivity contribution is 6.77. The molecule has 0 aromatic heterocycles. The van der Waals surface area contributed by atoms with Crippen LogP contribution in [0.2, 0.25) is 0 Å². The summed E-state index contributed by atoms with van der Waals surface area (Å²) in [4.78, 5) is 0. The van der Waals surface area contributed by atoms with Crippen molar-refractivity contribution in [3.63, 3.8) is 0 Å². The van der Waals surface area contributed by atoms with Crippen molar-refractivity contribution in [1.82, 2.24) is 5.23 Å². The molecule has 108 valence electrons. The highest BCUT2D eigenvalue weighted by Crippen LogP contribution is 2.38. The molecule has 1 aromatic carbocycles. The molecule has 3 nitrogen and oxygen atoms in total. The molecule has 2 heterocycles. The zero-order valence-electron chi connectivity index (χ0n) is 13.1. The SMILES string of the molecule is CC1(C)OB(C2=CC=CB(c3ccccc3)N2)OC1(C)C. The van der Waals surface area contributed by atoms with E-state index in [-0.39, 0.29) is 25.2 Å². The number of nitrogens with one attached hydrogen (secondary N) is 1. The van der Waals surface area contributed by atoms with Crippen LogP contribution in [0.15, 0.2) is 54.1 Å². The Morgan fingerprint density at radius 1 is 0.952 bits per heavy atom. The lowest BCUT2D eigenvalue weighted by molar-refractivity contribution is 0.00578. The van der Waals surface area contributed by atoms with Gasteiger partial charge in [-0.15, -0.1) is 0 Å². The third kappa shape index (κ3) is 2.68. The summed E-state index contributed by atoms with van der Waals surface area (Å²) in [6.07, 6.45) is 4.09. The second kappa shape index (κ2) is 5.08. The lowest BCUT2D eigenvalue weighted by Crippen LogP contribution is -2.48. The molecule has 0 bridgehead atoms. The maximum Gasteiger partial charge on any atom is 0.510 e. The van der Waals surface area contributed by atoms with Gasteiger partial charge in [0, 0.05) is 5.60 Å². The van der Waals surface area contributed by atoms with Crippen molar-refractivity contribution >= 4 is 19.4 Å². The van der Waals surface area contributed by atoms with Gasteiger partial charge in [-0.1, -0.05) is 47.8 Å². The van der Waals surface area contributed by atoms with Crippen molar-refractivity contribution < 1.29 is 9.31 Å². The molecule has 2 aliphatic rings. The Hall–Kier alpha value is -1.45. The van der Waals surface area contributed by atoms with Crippen LogP contribution in [-0.4, -0.2) is 25.2 Å². The molecule has 1 fully saturated rings. The molecule has 5 heteroatoms. The zero-order chi connectivity index (χ0) is 15.1. The average molecular weight is 281 g/mol. The van der Waals surface area contributed by atoms with Crippen LogP contribution < -0.4 is 10.7 Å². The lowest BCUT2D eigenvalue weighted by atomic mass is 9.53. The van der Waals surface area contributed by atoms with Crippen LogP contribution in [0, 0.1) is 0 Å². The Balaban J connectivity index is 1.77. The molecule has 0 spiro atoms. The number of rotatable bonds is 2. The largest absolute Gasteiger partial charge is 0.510 e. The first-order chi connectivity index (χ1) is 9.89. The average Bonchev–Trinajstić information content (AvgIpc) is 2.69. The van der Waals surface area contributed by atoms with Gasteiger partial charge >= 0.3 is 14.0 Å². The van der Waals surface area contributed by atoms with E-state index in [2.05, 4.69) is 69.2 Å². The van der Waals surface area contributed by atoms with Gasteiger partial charge in [-0.2, -0.15) is 0 Å². The quantitative estimate of drug-likeness (QED) is 0.842. The van der Waals surface area contributed by atoms with Crippen LogP contribution in [-0.2, 0) is 9.31 Å². The van der Waals surface area contributed by atoms with E-state index < -0.39 is 0 Å². The molecule has 0 saturated carbocycles. The number of allylic oxidation sites excluding steroid dienone is 2. The molecular formula is C16H21B2NO2. The predicted octanol–water partition coefficient (Wildman–Crippen LogP) is 2.10. The van der Waals surface area contributed by atoms with E-state index in [1.165, 1.54) is 5.46 Å². The summed E-state index contributed by atoms with van der Waals surface area (Å²) in [7, 11) is -0.342. The van der Waals surface area contributed by atoms with E-state index in [1.54, 1.807) is 0 Å². The Kier molecular flexibility index (Phi) is 3.50. The van der Waals surface area contributed by atoms with Crippen LogP contribution >= 0.6 is 0 Å². The summed E-state index contributed by atoms with van der Waals surface area (Å²) < 4.78 is 12.2. The molecule has 2 aliphatic heterocycles. The maximum absolute atomic E-state index is 6.10. The molecule has 1 N–H and O–H groups in total. The fourth-order valence-corrected chi connectivity index (χ4v) is 2.52. The van der Waals surface area contributed by atoms with E-state index in [1.807, 2.05) is 12.1 Å². The molecule has 1 saturated heterocycles. The molecule has 0 amide bonds. The highest BCUT2D eigenvalue weighted by atomic mass is 16.7. The van der Waals surface area contributed by atoms with Crippen LogP contribution in [0.5, 0.6) is 0 Å². The normalized spacial score (nSPS) is 23.0. The standard InChI is InChI=1S/C16H21B2NO2/c1-15(2)16(3,4)21-18(20-15)14-11-8-12-17(19-14)13-9-6-5-7-10-13/h5-12,19H,1-4H3. The first-order valence-corrected chi connectivity index (χ1v) is 7.45. The zero-order valence-corrected chi connectivity index (χ0v) is 13.1. The minimum atomic E-state index is -0.342. The van der Waals surface area contributed by atoms with Gasteiger partial charge in [-0.3, -0.25) is 0 Å². The van der Waals surface area contributed by atoms with E-state index in [9.17, 15) is 0 Å². The van der Waals surface area contributed by atoms with Gasteiger partial charge in [-0.05, 0) is 33.8 Å². The van der Waals surface area contributed by atoms with Gasteiger partial charge in [0.25, 0.3) is 0 Å². The van der Waals surface area contributed by atoms with Gasteiger partial charge in [0.2, 0.25) is 0 Å². The Labute approximate surface area is 127 Å². The number of hydrogen-bond donors (Lipinski definition) is 1. The first kappa shape index (κ1) is 14.5. The minimum Gasteiger partial charge on any atom is -0.427 e. The van der Waals surface area contributed by atoms with Gasteiger partial charge in [0.15, 0.2) is 0 Å². The Bertz CT molecular complexity index is 565. The van der Waals surface area contributed by atoms with Crippen molar-refractivity contribution in [1.29, 1.82) is 0 Å². The Morgan fingerprint density at radius 2 is 1.57 bits per heavy atom. The number of hydrogen-bond acceptors (Lipinski definition) is 3. The first-order valence-electron chi connectivity index (χ1n) is 7.45. The van der Waals surface area contributed by atoms with Crippen molar-refractivity contribution in [2.45, 2.75) is 38.9 Å². The third-order valence-corrected chi connectivity index (χ3v) is 4.57. The molecule has 0 unspecified atom stereocenters. The summed E-state index contributed by atoms with van der Waals surface area (Å²) in [5.74, 6) is 2.14. The lowest BCUT2D eigenvalue weighted by Gasteiger charge is -2.32. The van der Waals surface area contributed by atoms with E-state index >= 15 is 0 Å². The molecule has 3 rings (SSSR count). The fraction of sp³-hybridized carbons (Fsp3) is 0.375. The predicted molar refractivity (Wildman–Crippen MR) is 88.3 cm³/mol. The summed E-state index contributed by atoms with van der Waals surface area (Å²) in [6.45, 7) is 8.44. The monoisotopic (exact) mass is 281 g/mol. The van der Waals surface area contributed by atoms with Crippen LogP contribution in [0.3, 0.4) is 0 Å². The van der Waals surface area contributed by atoms with Crippen LogP contribution in [0.1, 0.15) is 27.7 Å². The molecule has 0 atom stereocenters. The van der Waals surface area contributed by atoms with E-state index in [0.29, 0.717) is 0 Å². The van der Waals surface area contributed by atoms with Gasteiger partial charge in [-0.25, -0.2) is 0 Å². The van der Waals surface area contributed by atoms with Gasteiger partial charge in [0.05, 0.1) is 11.2 Å². The van der Waals surface area contributed by atoms with Crippen molar-refractivity contribution in [2.24, 2.45) is 0 Å². The van der Waals surface area contributed by atoms with Crippen LogP contribution in [0.4, 0.5) is 0 Å². The topological polar surface area (TPSA) is 30.5 Å². The van der Waals surface area contributed by atoms with Crippen molar-refractivity contribution in [3.05, 3.63) is 54.1 Å². The van der Waals surface area contributed by atoms with Gasteiger partial charge in [0.1, 0.15) is 0 Å². The van der Waals surface area contributed by atoms with Crippen LogP contribution in [0.25, 0.3) is 0 Å². The summed E-state index contributed by atoms with van der Waals surface area (Å²) in [5.41, 5.74) is 1.58. The molecule has 1 aromatic rings. The number of benzene rings is 1. The van der Waals surface area contributed by atoms with E-state index in [4.69, 9.17) is 9.31 Å². The summed E-state index contributed by atoms with van der Waals surface area (Å²) in [6, 6.07) is 10.4. The van der Waals surface area contributed by atoms with Gasteiger partial charge < -0.3 is 14.5 Å². The third-order valence-electron chi connectivity index (χ3n) is 4.57. The molecule has 0 radical (unpaired) electrons. The van der Waals surface area contributed by atoms with Crippen molar-refractivity contribution in [2.75, 3.05) is 0 Å². The van der Waals surface area contributed by atoms with Crippen molar-refractivity contribution in [3.8, 4) is 0 Å². The minimum absolute atomic E-state index is 0.158. The highest BCUT2D eigenvalue weighted by Gasteiger charge is 2.52.